The Hall–Kier alpha value is -15.6. The standard InChI is InChI=1S/C108H69B3N6O3/c1-10-34-70(35-11-1)112(71-36-12-2-13-37-71)79-64-94-103-97(67-79)118-106-88(109(103)85-52-28-31-55-91(85)115(94)76-46-22-7-23-47-76)61-58-82-100(106)83-59-62-89-107(119-98-68-80(113(72-38-14-3-15-39-72)73-40-16-4-17-41-73)65-95-104(98)110(89)86-53-29-32-56-92(86)116(95)77-48-24-8-25-49-77)102(83)84-60-63-90-108(101(82)84)120-99-69-81(114(74-42-18-5-19-43-74)75-44-20-6-21-45-75)66-96-105(99)111(90)87-54-30-33-57-93(87)117(96)78-50-26-9-27-51-78/h1-69H. The van der Waals surface area contributed by atoms with Gasteiger partial charge in [-0.1, -0.05) is 255 Å². The third-order valence-corrected chi connectivity index (χ3v) is 25.2. The molecule has 0 saturated heterocycles. The molecule has 6 aliphatic rings. The fraction of sp³-hybridized carbons (Fsp3) is 0. The lowest BCUT2D eigenvalue weighted by atomic mass is 9.33. The Kier molecular flexibility index (Phi) is 15.2. The topological polar surface area (TPSA) is 47.1 Å². The molecule has 0 aliphatic carbocycles. The highest BCUT2D eigenvalue weighted by molar-refractivity contribution is 7.01. The second-order valence-corrected chi connectivity index (χ2v) is 31.7. The Morgan fingerprint density at radius 2 is 0.400 bits per heavy atom. The molecule has 0 aromatic heterocycles. The van der Waals surface area contributed by atoms with Crippen molar-refractivity contribution in [3.05, 3.63) is 419 Å². The molecule has 120 heavy (non-hydrogen) atoms. The van der Waals surface area contributed by atoms with E-state index in [1.807, 2.05) is 0 Å². The van der Waals surface area contributed by atoms with Gasteiger partial charge in [0.25, 0.3) is 20.1 Å². The maximum absolute atomic E-state index is 8.29. The van der Waals surface area contributed by atoms with Crippen molar-refractivity contribution in [2.24, 2.45) is 0 Å². The molecule has 0 unspecified atom stereocenters. The van der Waals surface area contributed by atoms with Crippen LogP contribution < -0.4 is 92.8 Å². The molecule has 9 nitrogen and oxygen atoms in total. The molecule has 25 rings (SSSR count). The first-order valence-electron chi connectivity index (χ1n) is 41.2. The molecule has 0 fully saturated rings. The van der Waals surface area contributed by atoms with Crippen molar-refractivity contribution in [1.29, 1.82) is 0 Å². The van der Waals surface area contributed by atoms with Gasteiger partial charge in [0.15, 0.2) is 0 Å². The van der Waals surface area contributed by atoms with Gasteiger partial charge in [0.05, 0.1) is 17.1 Å². The molecule has 0 spiro atoms. The van der Waals surface area contributed by atoms with Gasteiger partial charge in [0, 0.05) is 120 Å². The quantitative estimate of drug-likeness (QED) is 0.0879. The molecule has 19 aromatic carbocycles. The van der Waals surface area contributed by atoms with Gasteiger partial charge in [0.1, 0.15) is 34.5 Å². The van der Waals surface area contributed by atoms with Gasteiger partial charge in [-0.25, -0.2) is 0 Å². The summed E-state index contributed by atoms with van der Waals surface area (Å²) in [5.74, 6) is 4.63. The lowest BCUT2D eigenvalue weighted by Crippen LogP contribution is -2.59. The van der Waals surface area contributed by atoms with Gasteiger partial charge >= 0.3 is 0 Å². The number of rotatable bonds is 12. The van der Waals surface area contributed by atoms with Crippen molar-refractivity contribution in [1.82, 2.24) is 0 Å². The van der Waals surface area contributed by atoms with Crippen molar-refractivity contribution < 1.29 is 14.2 Å². The molecule has 0 N–H and O–H groups in total. The van der Waals surface area contributed by atoms with Crippen LogP contribution in [0.5, 0.6) is 34.5 Å². The van der Waals surface area contributed by atoms with E-state index in [0.29, 0.717) is 0 Å². The number of fused-ring (bicyclic) bond motifs is 21. The van der Waals surface area contributed by atoms with Crippen molar-refractivity contribution in [2.75, 3.05) is 29.4 Å². The number of para-hydroxylation sites is 12. The Balaban J connectivity index is 0.805. The van der Waals surface area contributed by atoms with Crippen LogP contribution in [0.2, 0.25) is 0 Å². The van der Waals surface area contributed by atoms with Gasteiger partial charge in [-0.3, -0.25) is 0 Å². The second kappa shape index (κ2) is 27.0. The van der Waals surface area contributed by atoms with Gasteiger partial charge in [-0.05, 0) is 211 Å². The van der Waals surface area contributed by atoms with Crippen LogP contribution in [-0.4, -0.2) is 20.1 Å². The average molecular weight is 1530 g/mol. The van der Waals surface area contributed by atoms with Crippen molar-refractivity contribution in [2.45, 2.75) is 0 Å². The van der Waals surface area contributed by atoms with E-state index in [2.05, 4.69) is 448 Å². The zero-order chi connectivity index (χ0) is 78.6. The zero-order valence-electron chi connectivity index (χ0n) is 65.0. The number of hydrogen-bond acceptors (Lipinski definition) is 9. The molecule has 6 heterocycles. The van der Waals surface area contributed by atoms with Gasteiger partial charge in [0.2, 0.25) is 0 Å². The molecular formula is C108H69B3N6O3. The normalized spacial score (nSPS) is 13.1. The fourth-order valence-electron chi connectivity index (χ4n) is 20.4. The maximum Gasteiger partial charge on any atom is 0.256 e. The van der Waals surface area contributed by atoms with E-state index in [9.17, 15) is 0 Å². The van der Waals surface area contributed by atoms with Crippen molar-refractivity contribution in [3.8, 4) is 34.5 Å². The predicted octanol–water partition coefficient (Wildman–Crippen LogP) is 22.8. The highest BCUT2D eigenvalue weighted by atomic mass is 16.5. The Labute approximate surface area is 696 Å². The third kappa shape index (κ3) is 10.2. The van der Waals surface area contributed by atoms with Crippen LogP contribution >= 0.6 is 0 Å². The van der Waals surface area contributed by atoms with Crippen LogP contribution in [0.25, 0.3) is 32.3 Å². The first-order chi connectivity index (χ1) is 59.6. The lowest BCUT2D eigenvalue weighted by Gasteiger charge is -2.42. The van der Waals surface area contributed by atoms with Gasteiger partial charge in [-0.2, -0.15) is 0 Å². The van der Waals surface area contributed by atoms with E-state index in [0.717, 1.165) is 202 Å². The molecule has 19 aromatic rings. The molecule has 0 bridgehead atoms. The highest BCUT2D eigenvalue weighted by Crippen LogP contribution is 2.56. The molecule has 0 radical (unpaired) electrons. The van der Waals surface area contributed by atoms with Crippen LogP contribution in [0.3, 0.4) is 0 Å². The van der Waals surface area contributed by atoms with Crippen LogP contribution in [0.15, 0.2) is 419 Å². The smallest absolute Gasteiger partial charge is 0.256 e. The van der Waals surface area contributed by atoms with Crippen LogP contribution in [0.4, 0.5) is 102 Å². The molecule has 558 valence electrons. The number of anilines is 18. The average Bonchev–Trinajstić information content (AvgIpc) is 0.680. The van der Waals surface area contributed by atoms with Crippen molar-refractivity contribution >= 4 is 204 Å². The fourth-order valence-corrected chi connectivity index (χ4v) is 20.4. The Morgan fingerprint density at radius 3 is 0.642 bits per heavy atom. The third-order valence-electron chi connectivity index (χ3n) is 25.2. The molecule has 6 aliphatic heterocycles. The minimum Gasteiger partial charge on any atom is -0.458 e. The summed E-state index contributed by atoms with van der Waals surface area (Å²) in [5.41, 5.74) is 28.5. The lowest BCUT2D eigenvalue weighted by molar-refractivity contribution is 0.492. The highest BCUT2D eigenvalue weighted by Gasteiger charge is 2.49. The molecule has 12 heteroatoms. The summed E-state index contributed by atoms with van der Waals surface area (Å²) in [6, 6.07) is 152. The minimum atomic E-state index is -0.282. The summed E-state index contributed by atoms with van der Waals surface area (Å²) in [6.07, 6.45) is 0. The first-order valence-corrected chi connectivity index (χ1v) is 41.2. The van der Waals surface area contributed by atoms with E-state index < -0.39 is 0 Å². The van der Waals surface area contributed by atoms with Crippen LogP contribution in [0, 0.1) is 0 Å². The molecule has 0 amide bonds. The summed E-state index contributed by atoms with van der Waals surface area (Å²) in [4.78, 5) is 14.4. The first kappa shape index (κ1) is 67.7. The number of hydrogen-bond donors (Lipinski definition) is 0. The minimum absolute atomic E-state index is 0.282. The molecule has 0 saturated carbocycles. The number of nitrogens with zero attached hydrogens (tertiary/aromatic N) is 6. The van der Waals surface area contributed by atoms with E-state index in [-0.39, 0.29) is 20.1 Å². The van der Waals surface area contributed by atoms with E-state index in [4.69, 9.17) is 14.2 Å². The molecular weight excluding hydrogens is 1460 g/mol. The van der Waals surface area contributed by atoms with Crippen LogP contribution in [0.1, 0.15) is 0 Å². The Bertz CT molecular complexity index is 6530. The second-order valence-electron chi connectivity index (χ2n) is 31.7. The van der Waals surface area contributed by atoms with Crippen LogP contribution in [-0.2, 0) is 0 Å². The number of ether oxygens (including phenoxy) is 3. The summed E-state index contributed by atoms with van der Waals surface area (Å²) in [5, 5.41) is 5.85. The summed E-state index contributed by atoms with van der Waals surface area (Å²) >= 11 is 0. The summed E-state index contributed by atoms with van der Waals surface area (Å²) < 4.78 is 24.9. The zero-order valence-corrected chi connectivity index (χ0v) is 65.0. The Morgan fingerprint density at radius 1 is 0.183 bits per heavy atom. The van der Waals surface area contributed by atoms with Gasteiger partial charge in [-0.15, -0.1) is 0 Å². The summed E-state index contributed by atoms with van der Waals surface area (Å²) in [6.45, 7) is -0.847. The maximum atomic E-state index is 8.29. The summed E-state index contributed by atoms with van der Waals surface area (Å²) in [7, 11) is 0. The van der Waals surface area contributed by atoms with E-state index in [1.165, 1.54) is 16.4 Å². The van der Waals surface area contributed by atoms with E-state index in [1.54, 1.807) is 0 Å². The largest absolute Gasteiger partial charge is 0.458 e. The SMILES string of the molecule is c1ccc(N(c2ccccc2)c2cc3c4c(c2)N(c2ccccc2)c2ccccc2B4c2ccc4c(c2O3)c2ccc3c(c2c2ccc5c(c42)Oc2cc(N(c4ccccc4)c4ccccc4)cc4c2B5c2ccccc2N4c2ccccc2)Oc2cc(N(c4ccccc4)c4ccccc4)cc4c2B3c2ccccc2N4c2ccccc2)cc1. The van der Waals surface area contributed by atoms with E-state index >= 15 is 0 Å². The number of benzene rings is 19. The predicted molar refractivity (Wildman–Crippen MR) is 501 cm³/mol. The van der Waals surface area contributed by atoms with Crippen molar-refractivity contribution in [3.63, 3.8) is 0 Å². The molecule has 0 atom stereocenters. The monoisotopic (exact) mass is 1530 g/mol. The van der Waals surface area contributed by atoms with Gasteiger partial charge < -0.3 is 43.6 Å².